The molecule has 3 heterocycles. The number of methoxy groups -OCH3 is 2. The number of rotatable bonds is 6. The molecule has 1 spiro atoms. The van der Waals surface area contributed by atoms with E-state index >= 15 is 0 Å². The number of halogens is 3. The molecule has 1 saturated heterocycles. The van der Waals surface area contributed by atoms with Crippen LogP contribution in [-0.4, -0.2) is 48.8 Å². The number of para-hydroxylation sites is 1. The predicted octanol–water partition coefficient (Wildman–Crippen LogP) is 5.17. The highest BCUT2D eigenvalue weighted by atomic mass is 19.4. The summed E-state index contributed by atoms with van der Waals surface area (Å²) < 4.78 is 51.0. The molecular formula is C33H28F3N3O5. The summed E-state index contributed by atoms with van der Waals surface area (Å²) in [6.07, 6.45) is -4.30. The van der Waals surface area contributed by atoms with Crippen LogP contribution in [0.4, 0.5) is 18.9 Å². The van der Waals surface area contributed by atoms with Crippen LogP contribution >= 0.6 is 0 Å². The molecule has 0 saturated carbocycles. The largest absolute Gasteiger partial charge is 0.466 e. The van der Waals surface area contributed by atoms with Crippen LogP contribution < -0.4 is 4.90 Å². The van der Waals surface area contributed by atoms with Gasteiger partial charge in [-0.15, -0.1) is 0 Å². The lowest BCUT2D eigenvalue weighted by atomic mass is 9.65. The van der Waals surface area contributed by atoms with Gasteiger partial charge in [-0.05, 0) is 41.3 Å². The monoisotopic (exact) mass is 603 g/mol. The van der Waals surface area contributed by atoms with Crippen molar-refractivity contribution in [1.29, 1.82) is 0 Å². The Morgan fingerprint density at radius 2 is 1.59 bits per heavy atom. The second-order valence-corrected chi connectivity index (χ2v) is 10.9. The first-order chi connectivity index (χ1) is 21.1. The second kappa shape index (κ2) is 11.0. The molecule has 3 aromatic rings. The van der Waals surface area contributed by atoms with Crippen molar-refractivity contribution in [2.24, 2.45) is 4.99 Å². The molecule has 0 unspecified atom stereocenters. The number of hydrogen-bond acceptors (Lipinski definition) is 7. The van der Waals surface area contributed by atoms with Crippen LogP contribution in [0.5, 0.6) is 0 Å². The van der Waals surface area contributed by atoms with E-state index in [1.54, 1.807) is 0 Å². The third kappa shape index (κ3) is 4.63. The molecule has 226 valence electrons. The van der Waals surface area contributed by atoms with Gasteiger partial charge in [-0.2, -0.15) is 13.2 Å². The van der Waals surface area contributed by atoms with Gasteiger partial charge >= 0.3 is 18.1 Å². The van der Waals surface area contributed by atoms with Crippen molar-refractivity contribution in [3.63, 3.8) is 0 Å². The molecular weight excluding hydrogens is 575 g/mol. The number of carbonyl (C=O) groups excluding carboxylic acids is 3. The van der Waals surface area contributed by atoms with E-state index in [0.717, 1.165) is 36.1 Å². The molecule has 3 aromatic carbocycles. The lowest BCUT2D eigenvalue weighted by molar-refractivity contribution is -0.140. The molecule has 0 aliphatic carbocycles. The highest BCUT2D eigenvalue weighted by Gasteiger charge is 2.63. The number of piperidine rings is 1. The number of fused-ring (bicyclic) bond motifs is 1. The smallest absolute Gasteiger partial charge is 0.416 e. The molecule has 0 radical (unpaired) electrons. The molecule has 2 atom stereocenters. The topological polar surface area (TPSA) is 88.5 Å². The highest BCUT2D eigenvalue weighted by Crippen LogP contribution is 2.56. The molecule has 6 rings (SSSR count). The fourth-order valence-corrected chi connectivity index (χ4v) is 6.65. The third-order valence-electron chi connectivity index (χ3n) is 8.48. The number of anilines is 1. The number of esters is 2. The minimum absolute atomic E-state index is 0.0106. The number of likely N-dealkylation sites (tertiary alicyclic amines) is 1. The zero-order valence-corrected chi connectivity index (χ0v) is 23.9. The Labute approximate surface area is 251 Å². The fraction of sp³-hybridized carbons (Fsp3) is 0.273. The summed E-state index contributed by atoms with van der Waals surface area (Å²) in [5.74, 6) is -1.87. The summed E-state index contributed by atoms with van der Waals surface area (Å²) in [6.45, 7) is 0.118. The number of ether oxygens (including phenoxy) is 2. The summed E-state index contributed by atoms with van der Waals surface area (Å²) in [5.41, 5.74) is 0.442. The number of amides is 1. The molecule has 44 heavy (non-hydrogen) atoms. The van der Waals surface area contributed by atoms with Gasteiger partial charge in [0.05, 0.1) is 43.4 Å². The van der Waals surface area contributed by atoms with Crippen molar-refractivity contribution >= 4 is 29.4 Å². The minimum Gasteiger partial charge on any atom is -0.466 e. The normalized spacial score (nSPS) is 20.9. The van der Waals surface area contributed by atoms with Gasteiger partial charge in [-0.25, -0.2) is 14.6 Å². The Bertz CT molecular complexity index is 1720. The number of alkyl halides is 3. The summed E-state index contributed by atoms with van der Waals surface area (Å²) >= 11 is 0. The van der Waals surface area contributed by atoms with Crippen molar-refractivity contribution in [1.82, 2.24) is 4.90 Å². The van der Waals surface area contributed by atoms with E-state index in [4.69, 9.17) is 9.47 Å². The second-order valence-electron chi connectivity index (χ2n) is 10.9. The van der Waals surface area contributed by atoms with Gasteiger partial charge in [0.2, 0.25) is 5.91 Å². The Balaban J connectivity index is 1.59. The van der Waals surface area contributed by atoms with Gasteiger partial charge in [0.25, 0.3) is 0 Å². The lowest BCUT2D eigenvalue weighted by Gasteiger charge is -2.48. The molecule has 0 bridgehead atoms. The zero-order valence-electron chi connectivity index (χ0n) is 23.9. The Morgan fingerprint density at radius 3 is 2.30 bits per heavy atom. The maximum atomic E-state index is 13.6. The van der Waals surface area contributed by atoms with Crippen molar-refractivity contribution in [2.75, 3.05) is 19.1 Å². The lowest BCUT2D eigenvalue weighted by Crippen LogP contribution is -2.62. The maximum Gasteiger partial charge on any atom is 0.416 e. The molecule has 1 fully saturated rings. The van der Waals surface area contributed by atoms with Crippen molar-refractivity contribution < 1.29 is 37.0 Å². The van der Waals surface area contributed by atoms with Gasteiger partial charge in [-0.3, -0.25) is 9.69 Å². The van der Waals surface area contributed by atoms with Crippen LogP contribution in [0, 0.1) is 0 Å². The molecule has 1 amide bonds. The Kier molecular flexibility index (Phi) is 7.27. The maximum absolute atomic E-state index is 13.6. The van der Waals surface area contributed by atoms with E-state index in [1.807, 2.05) is 59.5 Å². The quantitative estimate of drug-likeness (QED) is 0.362. The van der Waals surface area contributed by atoms with E-state index in [9.17, 15) is 27.6 Å². The summed E-state index contributed by atoms with van der Waals surface area (Å²) in [7, 11) is 2.37. The SMILES string of the molecule is COC(=O)C1=C(C(=O)OC)[C@@H]2N(Cc3ccccc3)c3ccccc3[C@@]23CCC(=O)N(Cc2cccc(C(F)(F)F)c2)C3=N1. The van der Waals surface area contributed by atoms with E-state index in [2.05, 4.69) is 4.99 Å². The molecule has 0 aromatic heterocycles. The van der Waals surface area contributed by atoms with Gasteiger partial charge in [0.1, 0.15) is 5.84 Å². The molecule has 3 aliphatic heterocycles. The molecule has 11 heteroatoms. The van der Waals surface area contributed by atoms with Gasteiger partial charge in [-0.1, -0.05) is 60.7 Å². The van der Waals surface area contributed by atoms with E-state index in [1.165, 1.54) is 24.1 Å². The van der Waals surface area contributed by atoms with Crippen LogP contribution in [0.1, 0.15) is 35.1 Å². The van der Waals surface area contributed by atoms with Crippen LogP contribution in [0.25, 0.3) is 0 Å². The summed E-state index contributed by atoms with van der Waals surface area (Å²) in [5, 5.41) is 0. The van der Waals surface area contributed by atoms with Crippen LogP contribution in [0.2, 0.25) is 0 Å². The third-order valence-corrected chi connectivity index (χ3v) is 8.48. The van der Waals surface area contributed by atoms with Crippen LogP contribution in [-0.2, 0) is 48.5 Å². The number of benzene rings is 3. The van der Waals surface area contributed by atoms with Gasteiger partial charge < -0.3 is 14.4 Å². The Hall–Kier alpha value is -4.93. The average molecular weight is 604 g/mol. The summed E-state index contributed by atoms with van der Waals surface area (Å²) in [4.78, 5) is 48.4. The number of nitrogens with zero attached hydrogens (tertiary/aromatic N) is 3. The molecule has 3 aliphatic rings. The average Bonchev–Trinajstić information content (AvgIpc) is 3.30. The van der Waals surface area contributed by atoms with E-state index in [0.29, 0.717) is 6.54 Å². The molecule has 8 nitrogen and oxygen atoms in total. The first-order valence-corrected chi connectivity index (χ1v) is 14.0. The standard InChI is InChI=1S/C33H28F3N3O5/c1-43-29(41)26-27(30(42)44-2)37-31-32(16-15-25(40)39(31)19-21-11-8-12-22(17-21)33(34,35)36)23-13-6-7-14-24(23)38(28(26)32)18-20-9-4-3-5-10-20/h3-14,17,28H,15-16,18-19H2,1-2H3/t28-,32-/m0/s1. The fourth-order valence-electron chi connectivity index (χ4n) is 6.65. The van der Waals surface area contributed by atoms with E-state index in [-0.39, 0.29) is 48.0 Å². The minimum atomic E-state index is -4.57. The van der Waals surface area contributed by atoms with Crippen molar-refractivity contribution in [3.05, 3.63) is 112 Å². The summed E-state index contributed by atoms with van der Waals surface area (Å²) in [6, 6.07) is 21.0. The van der Waals surface area contributed by atoms with Crippen molar-refractivity contribution in [2.45, 2.75) is 43.6 Å². The van der Waals surface area contributed by atoms with Gasteiger partial charge in [0.15, 0.2) is 5.70 Å². The predicted molar refractivity (Wildman–Crippen MR) is 154 cm³/mol. The van der Waals surface area contributed by atoms with Crippen molar-refractivity contribution in [3.8, 4) is 0 Å². The number of carbonyl (C=O) groups is 3. The van der Waals surface area contributed by atoms with Crippen LogP contribution in [0.3, 0.4) is 0 Å². The zero-order chi connectivity index (χ0) is 31.2. The van der Waals surface area contributed by atoms with Gasteiger partial charge in [0, 0.05) is 18.7 Å². The van der Waals surface area contributed by atoms with Crippen LogP contribution in [0.15, 0.2) is 95.1 Å². The van der Waals surface area contributed by atoms with E-state index < -0.39 is 35.1 Å². The first kappa shape index (κ1) is 29.2. The molecule has 0 N–H and O–H groups in total. The number of amidine groups is 1. The Morgan fingerprint density at radius 1 is 0.909 bits per heavy atom. The number of hydrogen-bond donors (Lipinski definition) is 0. The number of aliphatic imine (C=N–C) groups is 1. The highest BCUT2D eigenvalue weighted by molar-refractivity contribution is 6.15. The first-order valence-electron chi connectivity index (χ1n) is 14.0.